The quantitative estimate of drug-likeness (QED) is 0.826. The Morgan fingerprint density at radius 3 is 2.65 bits per heavy atom. The van der Waals surface area contributed by atoms with Crippen LogP contribution in [0.5, 0.6) is 0 Å². The molecule has 2 aliphatic heterocycles. The fourth-order valence-corrected chi connectivity index (χ4v) is 3.12. The summed E-state index contributed by atoms with van der Waals surface area (Å²) in [6.45, 7) is 7.64. The fraction of sp³-hybridized carbons (Fsp3) is 0.800. The van der Waals surface area contributed by atoms with Crippen molar-refractivity contribution in [3.05, 3.63) is 18.2 Å². The normalized spacial score (nSPS) is 25.9. The van der Waals surface area contributed by atoms with Gasteiger partial charge in [0.15, 0.2) is 0 Å². The van der Waals surface area contributed by atoms with Crippen molar-refractivity contribution in [3.63, 3.8) is 0 Å². The van der Waals surface area contributed by atoms with Crippen LogP contribution in [-0.2, 0) is 18.3 Å². The summed E-state index contributed by atoms with van der Waals surface area (Å²) in [5.41, 5.74) is 0. The summed E-state index contributed by atoms with van der Waals surface area (Å²) in [5.74, 6) is 1.16. The summed E-state index contributed by atoms with van der Waals surface area (Å²) < 4.78 is 7.95. The van der Waals surface area contributed by atoms with E-state index >= 15 is 0 Å². The van der Waals surface area contributed by atoms with E-state index in [1.165, 1.54) is 19.3 Å². The number of aryl methyl sites for hydroxylation is 1. The van der Waals surface area contributed by atoms with E-state index in [0.717, 1.165) is 51.7 Å². The predicted molar refractivity (Wildman–Crippen MR) is 78.5 cm³/mol. The van der Waals surface area contributed by atoms with Crippen LogP contribution < -0.4 is 0 Å². The molecule has 3 heterocycles. The SMILES string of the molecule is Cn1ccnc1CN1CCN(C[C@H]2CCCCO2)CC1. The molecule has 0 radical (unpaired) electrons. The van der Waals surface area contributed by atoms with Gasteiger partial charge in [0.05, 0.1) is 12.6 Å². The highest BCUT2D eigenvalue weighted by Gasteiger charge is 2.22. The van der Waals surface area contributed by atoms with E-state index < -0.39 is 0 Å². The van der Waals surface area contributed by atoms with Crippen LogP contribution >= 0.6 is 0 Å². The van der Waals surface area contributed by atoms with Gasteiger partial charge in [-0.2, -0.15) is 0 Å². The van der Waals surface area contributed by atoms with Crippen molar-refractivity contribution < 1.29 is 4.74 Å². The first-order chi connectivity index (χ1) is 9.81. The van der Waals surface area contributed by atoms with E-state index in [0.29, 0.717) is 6.10 Å². The Kier molecular flexibility index (Phi) is 4.70. The van der Waals surface area contributed by atoms with E-state index in [4.69, 9.17) is 4.74 Å². The molecule has 5 nitrogen and oxygen atoms in total. The standard InChI is InChI=1S/C15H26N4O/c1-17-6-5-16-15(17)13-19-9-7-18(8-10-19)12-14-4-2-3-11-20-14/h5-6,14H,2-4,7-13H2,1H3/t14-/m1/s1. The van der Waals surface area contributed by atoms with Crippen LogP contribution in [-0.4, -0.2) is 64.8 Å². The van der Waals surface area contributed by atoms with Gasteiger partial charge in [0, 0.05) is 58.8 Å². The number of nitrogens with zero attached hydrogens (tertiary/aromatic N) is 4. The van der Waals surface area contributed by atoms with Crippen molar-refractivity contribution in [2.75, 3.05) is 39.3 Å². The van der Waals surface area contributed by atoms with Gasteiger partial charge in [-0.25, -0.2) is 4.98 Å². The minimum absolute atomic E-state index is 0.477. The number of hydrogen-bond donors (Lipinski definition) is 0. The molecular formula is C15H26N4O. The van der Waals surface area contributed by atoms with Gasteiger partial charge in [-0.3, -0.25) is 9.80 Å². The van der Waals surface area contributed by atoms with Crippen LogP contribution in [0.2, 0.25) is 0 Å². The molecule has 0 amide bonds. The number of rotatable bonds is 4. The Hall–Kier alpha value is -0.910. The second-order valence-electron chi connectivity index (χ2n) is 6.02. The molecule has 20 heavy (non-hydrogen) atoms. The molecule has 112 valence electrons. The minimum atomic E-state index is 0.477. The van der Waals surface area contributed by atoms with Crippen molar-refractivity contribution in [3.8, 4) is 0 Å². The molecule has 0 spiro atoms. The van der Waals surface area contributed by atoms with Crippen LogP contribution in [0.1, 0.15) is 25.1 Å². The molecule has 0 N–H and O–H groups in total. The van der Waals surface area contributed by atoms with Crippen LogP contribution in [0, 0.1) is 0 Å². The van der Waals surface area contributed by atoms with Crippen molar-refractivity contribution in [2.24, 2.45) is 7.05 Å². The number of aromatic nitrogens is 2. The number of imidazole rings is 1. The molecule has 1 atom stereocenters. The molecule has 2 fully saturated rings. The van der Waals surface area contributed by atoms with Crippen molar-refractivity contribution in [1.82, 2.24) is 19.4 Å². The Labute approximate surface area is 121 Å². The summed E-state index contributed by atoms with van der Waals surface area (Å²) in [6, 6.07) is 0. The summed E-state index contributed by atoms with van der Waals surface area (Å²) in [4.78, 5) is 9.47. The smallest absolute Gasteiger partial charge is 0.122 e. The van der Waals surface area contributed by atoms with Gasteiger partial charge < -0.3 is 9.30 Å². The molecule has 0 aromatic carbocycles. The topological polar surface area (TPSA) is 33.5 Å². The Morgan fingerprint density at radius 2 is 2.00 bits per heavy atom. The fourth-order valence-electron chi connectivity index (χ4n) is 3.12. The van der Waals surface area contributed by atoms with Gasteiger partial charge in [0.25, 0.3) is 0 Å². The number of piperazine rings is 1. The number of ether oxygens (including phenoxy) is 1. The van der Waals surface area contributed by atoms with Crippen molar-refractivity contribution >= 4 is 0 Å². The molecule has 3 rings (SSSR count). The molecule has 5 heteroatoms. The van der Waals surface area contributed by atoms with Crippen LogP contribution in [0.4, 0.5) is 0 Å². The average molecular weight is 278 g/mol. The highest BCUT2D eigenvalue weighted by Crippen LogP contribution is 2.15. The Bertz CT molecular complexity index is 406. The van der Waals surface area contributed by atoms with Crippen LogP contribution in [0.15, 0.2) is 12.4 Å². The predicted octanol–water partition coefficient (Wildman–Crippen LogP) is 1.11. The van der Waals surface area contributed by atoms with Crippen molar-refractivity contribution in [1.29, 1.82) is 0 Å². The molecule has 2 saturated heterocycles. The second-order valence-corrected chi connectivity index (χ2v) is 6.02. The maximum Gasteiger partial charge on any atom is 0.122 e. The van der Waals surface area contributed by atoms with Gasteiger partial charge in [-0.15, -0.1) is 0 Å². The lowest BCUT2D eigenvalue weighted by molar-refractivity contribution is -0.0147. The first kappa shape index (κ1) is 14.0. The molecule has 0 unspecified atom stereocenters. The minimum Gasteiger partial charge on any atom is -0.377 e. The molecule has 1 aromatic heterocycles. The van der Waals surface area contributed by atoms with E-state index in [1.54, 1.807) is 0 Å². The van der Waals surface area contributed by atoms with Gasteiger partial charge in [-0.1, -0.05) is 0 Å². The molecule has 0 bridgehead atoms. The zero-order chi connectivity index (χ0) is 13.8. The Morgan fingerprint density at radius 1 is 1.20 bits per heavy atom. The number of hydrogen-bond acceptors (Lipinski definition) is 4. The summed E-state index contributed by atoms with van der Waals surface area (Å²) in [7, 11) is 2.07. The highest BCUT2D eigenvalue weighted by molar-refractivity contribution is 4.91. The molecule has 0 aliphatic carbocycles. The summed E-state index contributed by atoms with van der Waals surface area (Å²) in [6.07, 6.45) is 8.20. The summed E-state index contributed by atoms with van der Waals surface area (Å²) >= 11 is 0. The van der Waals surface area contributed by atoms with E-state index in [9.17, 15) is 0 Å². The molecule has 0 saturated carbocycles. The third-order valence-electron chi connectivity index (χ3n) is 4.49. The third-order valence-corrected chi connectivity index (χ3v) is 4.49. The van der Waals surface area contributed by atoms with Gasteiger partial charge in [-0.05, 0) is 19.3 Å². The zero-order valence-corrected chi connectivity index (χ0v) is 12.5. The van der Waals surface area contributed by atoms with Crippen molar-refractivity contribution in [2.45, 2.75) is 31.9 Å². The monoisotopic (exact) mass is 278 g/mol. The molecule has 2 aliphatic rings. The lowest BCUT2D eigenvalue weighted by atomic mass is 10.1. The Balaban J connectivity index is 1.41. The van der Waals surface area contributed by atoms with Gasteiger partial charge in [0.1, 0.15) is 5.82 Å². The summed E-state index contributed by atoms with van der Waals surface area (Å²) in [5, 5.41) is 0. The molecular weight excluding hydrogens is 252 g/mol. The lowest BCUT2D eigenvalue weighted by Gasteiger charge is -2.37. The first-order valence-corrected chi connectivity index (χ1v) is 7.84. The largest absolute Gasteiger partial charge is 0.377 e. The zero-order valence-electron chi connectivity index (χ0n) is 12.5. The van der Waals surface area contributed by atoms with Gasteiger partial charge >= 0.3 is 0 Å². The molecule has 1 aromatic rings. The first-order valence-electron chi connectivity index (χ1n) is 7.84. The van der Waals surface area contributed by atoms with Crippen LogP contribution in [0.25, 0.3) is 0 Å². The third kappa shape index (κ3) is 3.59. The van der Waals surface area contributed by atoms with E-state index in [1.807, 2.05) is 12.4 Å². The highest BCUT2D eigenvalue weighted by atomic mass is 16.5. The van der Waals surface area contributed by atoms with E-state index in [2.05, 4.69) is 26.4 Å². The van der Waals surface area contributed by atoms with Gasteiger partial charge in [0.2, 0.25) is 0 Å². The lowest BCUT2D eigenvalue weighted by Crippen LogP contribution is -2.49. The second kappa shape index (κ2) is 6.70. The van der Waals surface area contributed by atoms with Crippen LogP contribution in [0.3, 0.4) is 0 Å². The van der Waals surface area contributed by atoms with E-state index in [-0.39, 0.29) is 0 Å². The maximum absolute atomic E-state index is 5.84. The maximum atomic E-state index is 5.84. The average Bonchev–Trinajstić information content (AvgIpc) is 2.88.